The fraction of sp³-hybridized carbons (Fsp3) is 0.529. The van der Waals surface area contributed by atoms with Crippen LogP contribution in [-0.2, 0) is 4.79 Å². The predicted molar refractivity (Wildman–Crippen MR) is 96.1 cm³/mol. The number of ether oxygens (including phenoxy) is 1. The number of carbonyl (C=O) groups excluding carboxylic acids is 2. The number of aliphatic hydroxyl groups is 1. The molecule has 138 valence electrons. The number of hydrogen-bond donors (Lipinski definition) is 2. The van der Waals surface area contributed by atoms with Crippen molar-refractivity contribution in [2.24, 2.45) is 0 Å². The number of urea groups is 1. The molecule has 2 N–H and O–H groups in total. The number of unbranched alkanes of at least 4 members (excludes halogenated alkanes) is 1. The Kier molecular flexibility index (Phi) is 6.54. The van der Waals surface area contributed by atoms with Crippen molar-refractivity contribution in [3.8, 4) is 5.75 Å². The van der Waals surface area contributed by atoms with E-state index in [4.69, 9.17) is 27.9 Å². The number of nitrogens with zero attached hydrogens (tertiary/aromatic N) is 1. The van der Waals surface area contributed by atoms with Gasteiger partial charge in [0, 0.05) is 5.02 Å². The molecule has 0 saturated carbocycles. The van der Waals surface area contributed by atoms with Crippen molar-refractivity contribution in [3.63, 3.8) is 0 Å². The van der Waals surface area contributed by atoms with E-state index in [9.17, 15) is 14.7 Å². The van der Waals surface area contributed by atoms with Crippen LogP contribution in [0.3, 0.4) is 0 Å². The van der Waals surface area contributed by atoms with Gasteiger partial charge in [-0.25, -0.2) is 4.79 Å². The van der Waals surface area contributed by atoms with Crippen molar-refractivity contribution >= 4 is 35.1 Å². The Labute approximate surface area is 157 Å². The maximum absolute atomic E-state index is 12.5. The second kappa shape index (κ2) is 8.25. The summed E-state index contributed by atoms with van der Waals surface area (Å²) in [6.07, 6.45) is 1.29. The van der Waals surface area contributed by atoms with Crippen molar-refractivity contribution in [1.29, 1.82) is 0 Å². The minimum absolute atomic E-state index is 0.107. The quantitative estimate of drug-likeness (QED) is 0.670. The summed E-state index contributed by atoms with van der Waals surface area (Å²) in [5, 5.41) is 13.6. The molecule has 8 heteroatoms. The number of hydrogen-bond acceptors (Lipinski definition) is 4. The van der Waals surface area contributed by atoms with Gasteiger partial charge in [-0.15, -0.1) is 0 Å². The summed E-state index contributed by atoms with van der Waals surface area (Å²) in [6.45, 7) is 3.48. The van der Waals surface area contributed by atoms with Gasteiger partial charge in [0.25, 0.3) is 5.91 Å². The van der Waals surface area contributed by atoms with Crippen molar-refractivity contribution in [2.45, 2.75) is 44.8 Å². The molecular formula is C17H22Cl2N2O4. The lowest BCUT2D eigenvalue weighted by Crippen LogP contribution is -2.44. The Morgan fingerprint density at radius 2 is 2.08 bits per heavy atom. The molecule has 1 heterocycles. The second-order valence-electron chi connectivity index (χ2n) is 6.32. The van der Waals surface area contributed by atoms with E-state index in [1.54, 1.807) is 19.1 Å². The molecule has 1 aromatic carbocycles. The summed E-state index contributed by atoms with van der Waals surface area (Å²) in [4.78, 5) is 25.6. The number of β-amino-alcohol motifs (C(OH)–C–C–N with tert-alkyl or cyclic N) is 1. The Morgan fingerprint density at radius 1 is 1.36 bits per heavy atom. The van der Waals surface area contributed by atoms with E-state index in [1.165, 1.54) is 6.07 Å². The van der Waals surface area contributed by atoms with Crippen LogP contribution in [0.25, 0.3) is 0 Å². The third-order valence-electron chi connectivity index (χ3n) is 4.09. The summed E-state index contributed by atoms with van der Waals surface area (Å²) in [7, 11) is 0. The Morgan fingerprint density at radius 3 is 2.72 bits per heavy atom. The summed E-state index contributed by atoms with van der Waals surface area (Å²) in [5.74, 6) is 0.0460. The van der Waals surface area contributed by atoms with Gasteiger partial charge in [-0.1, -0.05) is 43.0 Å². The minimum atomic E-state index is -1.03. The predicted octanol–water partition coefficient (Wildman–Crippen LogP) is 3.23. The average molecular weight is 389 g/mol. The summed E-state index contributed by atoms with van der Waals surface area (Å²) >= 11 is 11.8. The molecule has 0 aliphatic carbocycles. The number of aliphatic hydroxyl groups excluding tert-OH is 1. The fourth-order valence-corrected chi connectivity index (χ4v) is 3.12. The maximum Gasteiger partial charge on any atom is 0.325 e. The number of benzene rings is 1. The molecular weight excluding hydrogens is 367 g/mol. The van der Waals surface area contributed by atoms with Gasteiger partial charge in [0.15, 0.2) is 0 Å². The van der Waals surface area contributed by atoms with E-state index >= 15 is 0 Å². The smallest absolute Gasteiger partial charge is 0.325 e. The van der Waals surface area contributed by atoms with E-state index in [0.717, 1.165) is 17.7 Å². The van der Waals surface area contributed by atoms with Crippen LogP contribution >= 0.6 is 23.2 Å². The first kappa shape index (κ1) is 19.8. The van der Waals surface area contributed by atoms with Crippen molar-refractivity contribution in [3.05, 3.63) is 28.2 Å². The molecule has 2 unspecified atom stereocenters. The monoisotopic (exact) mass is 388 g/mol. The highest BCUT2D eigenvalue weighted by molar-refractivity contribution is 6.35. The molecule has 1 saturated heterocycles. The van der Waals surface area contributed by atoms with Crippen LogP contribution in [0, 0.1) is 0 Å². The standard InChI is InChI=1S/C17H22Cl2N2O4/c1-3-4-7-17(2)15(23)21(16(24)20-17)9-12(22)10-25-14-6-5-11(18)8-13(14)19/h5-6,8,12,22H,3-4,7,9-10H2,1-2H3,(H,20,24). The van der Waals surface area contributed by atoms with Crippen LogP contribution in [-0.4, -0.2) is 46.7 Å². The molecule has 0 spiro atoms. The van der Waals surface area contributed by atoms with Crippen molar-refractivity contribution < 1.29 is 19.4 Å². The molecule has 1 aromatic rings. The van der Waals surface area contributed by atoms with Gasteiger partial charge in [0.1, 0.15) is 24.0 Å². The highest BCUT2D eigenvalue weighted by Gasteiger charge is 2.47. The lowest BCUT2D eigenvalue weighted by Gasteiger charge is -2.22. The lowest BCUT2D eigenvalue weighted by molar-refractivity contribution is -0.132. The van der Waals surface area contributed by atoms with Crippen LogP contribution < -0.4 is 10.1 Å². The van der Waals surface area contributed by atoms with E-state index in [2.05, 4.69) is 5.32 Å². The van der Waals surface area contributed by atoms with Crippen LogP contribution in [0.15, 0.2) is 18.2 Å². The molecule has 2 atom stereocenters. The molecule has 0 bridgehead atoms. The molecule has 6 nitrogen and oxygen atoms in total. The molecule has 0 radical (unpaired) electrons. The number of rotatable bonds is 8. The zero-order chi connectivity index (χ0) is 18.6. The maximum atomic E-state index is 12.5. The molecule has 0 aromatic heterocycles. The first-order chi connectivity index (χ1) is 11.8. The number of carbonyl (C=O) groups is 2. The van der Waals surface area contributed by atoms with Gasteiger partial charge in [0.2, 0.25) is 0 Å². The van der Waals surface area contributed by atoms with Gasteiger partial charge < -0.3 is 15.2 Å². The fourth-order valence-electron chi connectivity index (χ4n) is 2.65. The zero-order valence-corrected chi connectivity index (χ0v) is 15.7. The topological polar surface area (TPSA) is 78.9 Å². The third kappa shape index (κ3) is 4.77. The normalized spacial score (nSPS) is 21.4. The molecule has 2 rings (SSSR count). The summed E-state index contributed by atoms with van der Waals surface area (Å²) in [6, 6.07) is 4.24. The molecule has 25 heavy (non-hydrogen) atoms. The minimum Gasteiger partial charge on any atom is -0.489 e. The molecule has 1 fully saturated rings. The molecule has 1 aliphatic rings. The first-order valence-electron chi connectivity index (χ1n) is 8.17. The summed E-state index contributed by atoms with van der Waals surface area (Å²) < 4.78 is 5.44. The lowest BCUT2D eigenvalue weighted by atomic mass is 9.95. The van der Waals surface area contributed by atoms with Crippen LogP contribution in [0.1, 0.15) is 33.1 Å². The summed E-state index contributed by atoms with van der Waals surface area (Å²) in [5.41, 5.74) is -0.910. The number of amides is 3. The molecule has 3 amide bonds. The van der Waals surface area contributed by atoms with Crippen molar-refractivity contribution in [1.82, 2.24) is 10.2 Å². The highest BCUT2D eigenvalue weighted by atomic mass is 35.5. The number of imide groups is 1. The van der Waals surface area contributed by atoms with Crippen molar-refractivity contribution in [2.75, 3.05) is 13.2 Å². The number of nitrogens with one attached hydrogen (secondary N) is 1. The van der Waals surface area contributed by atoms with Gasteiger partial charge in [-0.05, 0) is 31.5 Å². The van der Waals surface area contributed by atoms with Gasteiger partial charge in [-0.3, -0.25) is 9.69 Å². The van der Waals surface area contributed by atoms with E-state index in [0.29, 0.717) is 22.2 Å². The largest absolute Gasteiger partial charge is 0.489 e. The first-order valence-corrected chi connectivity index (χ1v) is 8.92. The second-order valence-corrected chi connectivity index (χ2v) is 7.16. The Bertz CT molecular complexity index is 656. The van der Waals surface area contributed by atoms with Crippen LogP contribution in [0.5, 0.6) is 5.75 Å². The highest BCUT2D eigenvalue weighted by Crippen LogP contribution is 2.28. The Balaban J connectivity index is 1.92. The average Bonchev–Trinajstić information content (AvgIpc) is 2.76. The van der Waals surface area contributed by atoms with E-state index < -0.39 is 17.7 Å². The zero-order valence-electron chi connectivity index (χ0n) is 14.2. The SMILES string of the molecule is CCCCC1(C)NC(=O)N(CC(O)COc2ccc(Cl)cc2Cl)C1=O. The number of halogens is 2. The van der Waals surface area contributed by atoms with Gasteiger partial charge in [-0.2, -0.15) is 0 Å². The van der Waals surface area contributed by atoms with Gasteiger partial charge >= 0.3 is 6.03 Å². The van der Waals surface area contributed by atoms with E-state index in [-0.39, 0.29) is 19.1 Å². The Hall–Kier alpha value is -1.50. The van der Waals surface area contributed by atoms with Crippen LogP contribution in [0.2, 0.25) is 10.0 Å². The van der Waals surface area contributed by atoms with E-state index in [1.807, 2.05) is 6.92 Å². The third-order valence-corrected chi connectivity index (χ3v) is 4.62. The van der Waals surface area contributed by atoms with Gasteiger partial charge in [0.05, 0.1) is 11.6 Å². The molecule has 1 aliphatic heterocycles. The van der Waals surface area contributed by atoms with Crippen LogP contribution in [0.4, 0.5) is 4.79 Å².